The van der Waals surface area contributed by atoms with Crippen LogP contribution in [0.1, 0.15) is 29.2 Å². The molecular weight excluding hydrogens is 292 g/mol. The molecule has 2 rings (SSSR count). The second kappa shape index (κ2) is 5.63. The van der Waals surface area contributed by atoms with Gasteiger partial charge in [-0.05, 0) is 32.2 Å². The monoisotopic (exact) mass is 310 g/mol. The number of thiophene rings is 1. The fourth-order valence-corrected chi connectivity index (χ4v) is 3.78. The van der Waals surface area contributed by atoms with E-state index in [2.05, 4.69) is 4.98 Å². The summed E-state index contributed by atoms with van der Waals surface area (Å²) in [4.78, 5) is 20.1. The lowest BCUT2D eigenvalue weighted by molar-refractivity contribution is 0.0370. The highest BCUT2D eigenvalue weighted by molar-refractivity contribution is 7.22. The Morgan fingerprint density at radius 3 is 2.75 bits per heavy atom. The number of rotatable bonds is 4. The van der Waals surface area contributed by atoms with Crippen LogP contribution in [0.15, 0.2) is 17.5 Å². The van der Waals surface area contributed by atoms with Crippen LogP contribution in [0.5, 0.6) is 0 Å². The van der Waals surface area contributed by atoms with E-state index in [0.717, 1.165) is 15.6 Å². The van der Waals surface area contributed by atoms with Gasteiger partial charge in [0.25, 0.3) is 5.91 Å². The number of aliphatic hydroxyl groups is 1. The van der Waals surface area contributed by atoms with E-state index in [1.54, 1.807) is 37.1 Å². The second-order valence-electron chi connectivity index (χ2n) is 5.38. The molecular formula is C14H18N2O2S2. The second-order valence-corrected chi connectivity index (χ2v) is 7.33. The van der Waals surface area contributed by atoms with Crippen molar-refractivity contribution in [1.29, 1.82) is 0 Å². The Bertz CT molecular complexity index is 597. The molecule has 0 aliphatic carbocycles. The van der Waals surface area contributed by atoms with Gasteiger partial charge in [-0.3, -0.25) is 4.79 Å². The van der Waals surface area contributed by atoms with Gasteiger partial charge < -0.3 is 10.0 Å². The summed E-state index contributed by atoms with van der Waals surface area (Å²) >= 11 is 3.02. The molecule has 0 aliphatic rings. The molecule has 2 heterocycles. The predicted molar refractivity (Wildman–Crippen MR) is 83.4 cm³/mol. The Hall–Kier alpha value is -1.24. The third kappa shape index (κ3) is 3.45. The van der Waals surface area contributed by atoms with Crippen LogP contribution in [0.25, 0.3) is 9.88 Å². The van der Waals surface area contributed by atoms with E-state index in [-0.39, 0.29) is 12.5 Å². The van der Waals surface area contributed by atoms with E-state index in [1.807, 2.05) is 24.4 Å². The Balaban J connectivity index is 2.23. The quantitative estimate of drug-likeness (QED) is 0.944. The van der Waals surface area contributed by atoms with Crippen LogP contribution in [-0.2, 0) is 0 Å². The minimum atomic E-state index is -0.903. The molecule has 0 saturated heterocycles. The standard InChI is InChI=1S/C14H18N2O2S2/c1-9-11(13(17)16(4)8-14(2,3)18)20-12(15-9)10-6-5-7-19-10/h5-7,18H,8H2,1-4H3. The van der Waals surface area contributed by atoms with E-state index >= 15 is 0 Å². The minimum absolute atomic E-state index is 0.0927. The van der Waals surface area contributed by atoms with Crippen LogP contribution in [0.3, 0.4) is 0 Å². The zero-order chi connectivity index (χ0) is 14.9. The number of likely N-dealkylation sites (N-methyl/N-ethyl adjacent to an activating group) is 1. The topological polar surface area (TPSA) is 53.4 Å². The molecule has 0 spiro atoms. The third-order valence-corrected chi connectivity index (χ3v) is 4.88. The van der Waals surface area contributed by atoms with Crippen LogP contribution in [0.2, 0.25) is 0 Å². The largest absolute Gasteiger partial charge is 0.389 e. The number of aryl methyl sites for hydroxylation is 1. The van der Waals surface area contributed by atoms with Crippen LogP contribution in [0.4, 0.5) is 0 Å². The first kappa shape index (κ1) is 15.2. The first-order valence-electron chi connectivity index (χ1n) is 6.27. The van der Waals surface area contributed by atoms with Gasteiger partial charge in [0, 0.05) is 13.6 Å². The molecule has 2 aromatic heterocycles. The summed E-state index contributed by atoms with van der Waals surface area (Å²) in [6.45, 7) is 5.51. The SMILES string of the molecule is Cc1nc(-c2cccs2)sc1C(=O)N(C)CC(C)(C)O. The smallest absolute Gasteiger partial charge is 0.265 e. The van der Waals surface area contributed by atoms with E-state index in [4.69, 9.17) is 0 Å². The zero-order valence-electron chi connectivity index (χ0n) is 12.0. The van der Waals surface area contributed by atoms with Crippen molar-refractivity contribution in [2.24, 2.45) is 0 Å². The van der Waals surface area contributed by atoms with Crippen molar-refractivity contribution >= 4 is 28.6 Å². The first-order valence-corrected chi connectivity index (χ1v) is 7.97. The molecule has 0 aromatic carbocycles. The molecule has 0 saturated carbocycles. The number of carbonyl (C=O) groups excluding carboxylic acids is 1. The molecule has 4 nitrogen and oxygen atoms in total. The van der Waals surface area contributed by atoms with E-state index in [9.17, 15) is 9.90 Å². The number of nitrogens with zero attached hydrogens (tertiary/aromatic N) is 2. The van der Waals surface area contributed by atoms with E-state index < -0.39 is 5.60 Å². The van der Waals surface area contributed by atoms with Crippen molar-refractivity contribution in [2.45, 2.75) is 26.4 Å². The van der Waals surface area contributed by atoms with Gasteiger partial charge in [-0.1, -0.05) is 6.07 Å². The number of hydrogen-bond donors (Lipinski definition) is 1. The molecule has 0 aliphatic heterocycles. The van der Waals surface area contributed by atoms with Crippen molar-refractivity contribution < 1.29 is 9.90 Å². The fraction of sp³-hybridized carbons (Fsp3) is 0.429. The summed E-state index contributed by atoms with van der Waals surface area (Å²) < 4.78 is 0. The highest BCUT2D eigenvalue weighted by atomic mass is 32.1. The molecule has 108 valence electrons. The Kier molecular flexibility index (Phi) is 4.27. The molecule has 20 heavy (non-hydrogen) atoms. The number of amides is 1. The summed E-state index contributed by atoms with van der Waals surface area (Å²) in [5, 5.41) is 12.7. The summed E-state index contributed by atoms with van der Waals surface area (Å²) in [5.41, 5.74) is -0.162. The van der Waals surface area contributed by atoms with Gasteiger partial charge in [-0.15, -0.1) is 22.7 Å². The Labute approximate surface area is 126 Å². The third-order valence-electron chi connectivity index (χ3n) is 2.69. The van der Waals surface area contributed by atoms with Crippen LogP contribution in [0, 0.1) is 6.92 Å². The maximum Gasteiger partial charge on any atom is 0.265 e. The molecule has 1 N–H and O–H groups in total. The fourth-order valence-electron chi connectivity index (χ4n) is 1.93. The van der Waals surface area contributed by atoms with Crippen molar-refractivity contribution in [1.82, 2.24) is 9.88 Å². The highest BCUT2D eigenvalue weighted by Crippen LogP contribution is 2.31. The number of aromatic nitrogens is 1. The van der Waals surface area contributed by atoms with Crippen LogP contribution >= 0.6 is 22.7 Å². The molecule has 6 heteroatoms. The average Bonchev–Trinajstić information content (AvgIpc) is 2.94. The van der Waals surface area contributed by atoms with Crippen molar-refractivity contribution in [3.8, 4) is 9.88 Å². The van der Waals surface area contributed by atoms with Gasteiger partial charge in [0.15, 0.2) is 0 Å². The zero-order valence-corrected chi connectivity index (χ0v) is 13.6. The summed E-state index contributed by atoms with van der Waals surface area (Å²) in [6.07, 6.45) is 0. The van der Waals surface area contributed by atoms with Crippen LogP contribution in [-0.4, -0.2) is 40.1 Å². The maximum atomic E-state index is 12.4. The average molecular weight is 310 g/mol. The van der Waals surface area contributed by atoms with Crippen LogP contribution < -0.4 is 0 Å². The van der Waals surface area contributed by atoms with E-state index in [0.29, 0.717) is 4.88 Å². The van der Waals surface area contributed by atoms with Gasteiger partial charge in [0.05, 0.1) is 16.2 Å². The lowest BCUT2D eigenvalue weighted by Crippen LogP contribution is -2.39. The summed E-state index contributed by atoms with van der Waals surface area (Å²) in [6, 6.07) is 3.97. The molecule has 2 aromatic rings. The molecule has 0 bridgehead atoms. The molecule has 1 amide bonds. The summed E-state index contributed by atoms with van der Waals surface area (Å²) in [7, 11) is 1.70. The van der Waals surface area contributed by atoms with Crippen molar-refractivity contribution in [3.63, 3.8) is 0 Å². The van der Waals surface area contributed by atoms with Gasteiger partial charge in [-0.25, -0.2) is 4.98 Å². The summed E-state index contributed by atoms with van der Waals surface area (Å²) in [5.74, 6) is -0.0927. The molecule has 0 unspecified atom stereocenters. The lowest BCUT2D eigenvalue weighted by atomic mass is 10.1. The van der Waals surface area contributed by atoms with Crippen molar-refractivity contribution in [2.75, 3.05) is 13.6 Å². The van der Waals surface area contributed by atoms with Gasteiger partial charge in [0.1, 0.15) is 9.88 Å². The number of hydrogen-bond acceptors (Lipinski definition) is 5. The normalized spacial score (nSPS) is 11.7. The highest BCUT2D eigenvalue weighted by Gasteiger charge is 2.24. The maximum absolute atomic E-state index is 12.4. The van der Waals surface area contributed by atoms with Crippen molar-refractivity contribution in [3.05, 3.63) is 28.1 Å². The first-order chi connectivity index (χ1) is 9.28. The molecule has 0 fully saturated rings. The molecule has 0 radical (unpaired) electrons. The number of thiazole rings is 1. The minimum Gasteiger partial charge on any atom is -0.389 e. The Morgan fingerprint density at radius 1 is 1.50 bits per heavy atom. The van der Waals surface area contributed by atoms with Gasteiger partial charge in [-0.2, -0.15) is 0 Å². The van der Waals surface area contributed by atoms with Gasteiger partial charge >= 0.3 is 0 Å². The van der Waals surface area contributed by atoms with E-state index in [1.165, 1.54) is 11.3 Å². The molecule has 0 atom stereocenters. The lowest BCUT2D eigenvalue weighted by Gasteiger charge is -2.25. The number of carbonyl (C=O) groups is 1. The Morgan fingerprint density at radius 2 is 2.20 bits per heavy atom. The predicted octanol–water partition coefficient (Wildman–Crippen LogP) is 3.02. The van der Waals surface area contributed by atoms with Gasteiger partial charge in [0.2, 0.25) is 0 Å².